The molecule has 0 aromatic rings. The number of carboxylic acids is 1. The van der Waals surface area contributed by atoms with Crippen LogP contribution in [0.5, 0.6) is 0 Å². The Kier molecular flexibility index (Phi) is 43.5. The summed E-state index contributed by atoms with van der Waals surface area (Å²) in [6.07, 6.45) is 32.9. The van der Waals surface area contributed by atoms with Crippen LogP contribution in [0.3, 0.4) is 0 Å². The van der Waals surface area contributed by atoms with Crippen molar-refractivity contribution in [3.63, 3.8) is 0 Å². The third kappa shape index (κ3) is 38.1. The van der Waals surface area contributed by atoms with Crippen LogP contribution in [0.25, 0.3) is 0 Å². The third-order valence-electron chi connectivity index (χ3n) is 12.9. The lowest BCUT2D eigenvalue weighted by atomic mass is 10.0. The van der Waals surface area contributed by atoms with E-state index >= 15 is 0 Å². The first-order chi connectivity index (χ1) is 33.3. The van der Waals surface area contributed by atoms with Gasteiger partial charge in [0.25, 0.3) is 0 Å². The summed E-state index contributed by atoms with van der Waals surface area (Å²) < 4.78 is 11.6. The smallest absolute Gasteiger partial charge is 0.306 e. The van der Waals surface area contributed by atoms with Gasteiger partial charge in [-0.05, 0) is 32.6 Å². The second kappa shape index (κ2) is 45.8. The topological polar surface area (TPSA) is 212 Å². The number of unbranched alkanes of at least 4 members (excludes halogenated alkanes) is 28. The molecule has 402 valence electrons. The van der Waals surface area contributed by atoms with Crippen LogP contribution in [0.4, 0.5) is 0 Å². The lowest BCUT2D eigenvalue weighted by Gasteiger charge is -2.34. The molecule has 0 rings (SSSR count). The summed E-state index contributed by atoms with van der Waals surface area (Å²) in [5.74, 6) is -5.15. The van der Waals surface area contributed by atoms with Gasteiger partial charge in [-0.15, -0.1) is 0 Å². The number of nitrogens with one attached hydrogen (secondary N) is 2. The third-order valence-corrected chi connectivity index (χ3v) is 13.2. The fraction of sp³-hybridized carbons (Fsp3) is 0.870. The van der Waals surface area contributed by atoms with Gasteiger partial charge in [-0.3, -0.25) is 33.6 Å². The molecule has 0 aliphatic heterocycles. The van der Waals surface area contributed by atoms with E-state index in [4.69, 9.17) is 15.2 Å². The number of carboxylic acid groups (broad SMARTS) is 1. The average Bonchev–Trinajstić information content (AvgIpc) is 3.32. The summed E-state index contributed by atoms with van der Waals surface area (Å²) in [6.45, 7) is 7.25. The summed E-state index contributed by atoms with van der Waals surface area (Å²) in [4.78, 5) is 92.6. The maximum atomic E-state index is 14.5. The van der Waals surface area contributed by atoms with Crippen LogP contribution in [0.1, 0.15) is 259 Å². The highest BCUT2D eigenvalue weighted by atomic mass is 32.1. The zero-order chi connectivity index (χ0) is 51.3. The number of hydrogen-bond donors (Lipinski definition) is 5. The minimum absolute atomic E-state index is 0.112. The predicted molar refractivity (Wildman–Crippen MR) is 280 cm³/mol. The van der Waals surface area contributed by atoms with Crippen LogP contribution < -0.4 is 16.4 Å². The molecule has 0 bridgehead atoms. The highest BCUT2D eigenvalue weighted by molar-refractivity contribution is 7.80. The number of amides is 4. The monoisotopic (exact) mass is 997 g/mol. The second-order valence-corrected chi connectivity index (χ2v) is 19.7. The van der Waals surface area contributed by atoms with E-state index in [0.717, 1.165) is 69.1 Å². The van der Waals surface area contributed by atoms with E-state index in [1.54, 1.807) is 0 Å². The average molecular weight is 997 g/mol. The molecule has 0 aliphatic rings. The molecule has 14 nitrogen and oxygen atoms in total. The van der Waals surface area contributed by atoms with Crippen molar-refractivity contribution in [3.8, 4) is 0 Å². The minimum Gasteiger partial charge on any atom is -0.481 e. The van der Waals surface area contributed by atoms with Crippen molar-refractivity contribution in [3.05, 3.63) is 0 Å². The van der Waals surface area contributed by atoms with Crippen LogP contribution in [0, 0.1) is 0 Å². The Morgan fingerprint density at radius 2 is 0.928 bits per heavy atom. The van der Waals surface area contributed by atoms with E-state index in [1.807, 2.05) is 0 Å². The Morgan fingerprint density at radius 3 is 1.32 bits per heavy atom. The first-order valence-corrected chi connectivity index (χ1v) is 28.3. The van der Waals surface area contributed by atoms with Crippen LogP contribution in [0.15, 0.2) is 0 Å². The molecule has 0 fully saturated rings. The van der Waals surface area contributed by atoms with Crippen LogP contribution in [-0.4, -0.2) is 94.7 Å². The lowest BCUT2D eigenvalue weighted by molar-refractivity contribution is -0.163. The quantitative estimate of drug-likeness (QED) is 0.0221. The molecule has 4 amide bonds. The lowest BCUT2D eigenvalue weighted by Crippen LogP contribution is -2.59. The van der Waals surface area contributed by atoms with Gasteiger partial charge in [-0.1, -0.05) is 201 Å². The van der Waals surface area contributed by atoms with Crippen molar-refractivity contribution < 1.29 is 48.1 Å². The summed E-state index contributed by atoms with van der Waals surface area (Å²) in [7, 11) is 0. The molecule has 69 heavy (non-hydrogen) atoms. The summed E-state index contributed by atoms with van der Waals surface area (Å²) in [5.41, 5.74) is 5.52. The van der Waals surface area contributed by atoms with Gasteiger partial charge < -0.3 is 35.8 Å². The summed E-state index contributed by atoms with van der Waals surface area (Å²) in [6, 6.07) is -3.86. The molecule has 0 aromatic heterocycles. The van der Waals surface area contributed by atoms with E-state index < -0.39 is 72.8 Å². The van der Waals surface area contributed by atoms with Crippen molar-refractivity contribution in [2.75, 3.05) is 18.9 Å². The minimum atomic E-state index is -1.35. The Bertz CT molecular complexity index is 1370. The van der Waals surface area contributed by atoms with E-state index in [0.29, 0.717) is 19.3 Å². The number of ether oxygens (including phenoxy) is 2. The molecule has 0 heterocycles. The molecule has 15 heteroatoms. The van der Waals surface area contributed by atoms with Gasteiger partial charge in [-0.25, -0.2) is 0 Å². The molecule has 4 atom stereocenters. The van der Waals surface area contributed by atoms with Crippen LogP contribution in [0.2, 0.25) is 0 Å². The fourth-order valence-corrected chi connectivity index (χ4v) is 8.64. The van der Waals surface area contributed by atoms with E-state index in [9.17, 15) is 38.7 Å². The maximum absolute atomic E-state index is 14.5. The number of rotatable bonds is 49. The number of carbonyl (C=O) groups is 7. The van der Waals surface area contributed by atoms with Gasteiger partial charge in [0.2, 0.25) is 23.6 Å². The largest absolute Gasteiger partial charge is 0.481 e. The first kappa shape index (κ1) is 65.6. The number of primary amides is 1. The number of carbonyl (C=O) groups excluding carboxylic acids is 6. The summed E-state index contributed by atoms with van der Waals surface area (Å²) in [5, 5.41) is 14.5. The standard InChI is InChI=1S/C54H100N4O10S/c1-5-8-11-14-17-20-21-22-23-26-27-30-33-36-48(59)56-47(43-69)54(66)58(44(4)53(65)57-46(52(55)64)39-40-49(60)61)41-45(68-51(63)38-35-32-29-25-19-16-13-10-7-3)42-67-50(62)37-34-31-28-24-18-15-12-9-6-2/h44-47,69H,5-43H2,1-4H3,(H2,55,64)(H,56,59)(H,57,65)(H,60,61)/t44-,45-,46-,47+/m1/s1. The number of hydrogen-bond acceptors (Lipinski definition) is 10. The van der Waals surface area contributed by atoms with E-state index in [1.165, 1.54) is 122 Å². The molecule has 5 N–H and O–H groups in total. The van der Waals surface area contributed by atoms with Crippen molar-refractivity contribution in [1.29, 1.82) is 0 Å². The highest BCUT2D eigenvalue weighted by Gasteiger charge is 2.36. The molecule has 0 spiro atoms. The van der Waals surface area contributed by atoms with Crippen molar-refractivity contribution in [1.82, 2.24) is 15.5 Å². The fourth-order valence-electron chi connectivity index (χ4n) is 8.39. The molecule has 0 saturated heterocycles. The number of aliphatic carboxylic acids is 1. The van der Waals surface area contributed by atoms with Gasteiger partial charge in [0.1, 0.15) is 24.7 Å². The molecule has 0 saturated carbocycles. The van der Waals surface area contributed by atoms with E-state index in [2.05, 4.69) is 44.0 Å². The van der Waals surface area contributed by atoms with Gasteiger partial charge >= 0.3 is 17.9 Å². The normalized spacial score (nSPS) is 12.9. The second-order valence-electron chi connectivity index (χ2n) is 19.3. The van der Waals surface area contributed by atoms with Gasteiger partial charge in [0, 0.05) is 31.4 Å². The van der Waals surface area contributed by atoms with Gasteiger partial charge in [0.05, 0.1) is 6.54 Å². The predicted octanol–water partition coefficient (Wildman–Crippen LogP) is 11.2. The first-order valence-electron chi connectivity index (χ1n) is 27.7. The molecular formula is C54H100N4O10S. The van der Waals surface area contributed by atoms with Crippen LogP contribution >= 0.6 is 12.6 Å². The number of thiol groups is 1. The molecule has 0 radical (unpaired) electrons. The van der Waals surface area contributed by atoms with Gasteiger partial charge in [0.15, 0.2) is 6.10 Å². The van der Waals surface area contributed by atoms with Crippen molar-refractivity contribution >= 4 is 54.2 Å². The Morgan fingerprint density at radius 1 is 0.536 bits per heavy atom. The maximum Gasteiger partial charge on any atom is 0.306 e. The van der Waals surface area contributed by atoms with E-state index in [-0.39, 0.29) is 44.0 Å². The zero-order valence-corrected chi connectivity index (χ0v) is 44.9. The van der Waals surface area contributed by atoms with Crippen LogP contribution in [-0.2, 0) is 43.0 Å². The summed E-state index contributed by atoms with van der Waals surface area (Å²) >= 11 is 4.40. The SMILES string of the molecule is CCCCCCCCCCCCCCCC(=O)N[C@@H](CS)C(=O)N(C[C@H](COC(=O)CCCCCCCCCCC)OC(=O)CCCCCCCCCCC)[C@H](C)C(=O)N[C@H](CCC(=O)O)C(N)=O. The molecule has 0 unspecified atom stereocenters. The Labute approximate surface area is 424 Å². The number of esters is 2. The van der Waals surface area contributed by atoms with Gasteiger partial charge in [-0.2, -0.15) is 12.6 Å². The molecule has 0 aliphatic carbocycles. The molecule has 0 aromatic carbocycles. The zero-order valence-electron chi connectivity index (χ0n) is 44.0. The number of nitrogens with zero attached hydrogens (tertiary/aromatic N) is 1. The molecular weight excluding hydrogens is 897 g/mol. The Hall–Kier alpha value is -3.36. The van der Waals surface area contributed by atoms with Crippen molar-refractivity contribution in [2.45, 2.75) is 283 Å². The Balaban J connectivity index is 5.96. The highest BCUT2D eigenvalue weighted by Crippen LogP contribution is 2.17. The van der Waals surface area contributed by atoms with Crippen molar-refractivity contribution in [2.24, 2.45) is 5.73 Å². The number of nitrogens with two attached hydrogens (primary N) is 1.